The van der Waals surface area contributed by atoms with Crippen LogP contribution in [0.3, 0.4) is 0 Å². The second-order valence-electron chi connectivity index (χ2n) is 10.8. The lowest BCUT2D eigenvalue weighted by Gasteiger charge is -2.49. The van der Waals surface area contributed by atoms with Crippen molar-refractivity contribution in [1.82, 2.24) is 0 Å². The summed E-state index contributed by atoms with van der Waals surface area (Å²) in [6, 6.07) is 0. The van der Waals surface area contributed by atoms with Gasteiger partial charge < -0.3 is 0 Å². The van der Waals surface area contributed by atoms with Gasteiger partial charge in [-0.1, -0.05) is 25.7 Å². The van der Waals surface area contributed by atoms with E-state index in [2.05, 4.69) is 0 Å². The van der Waals surface area contributed by atoms with Gasteiger partial charge in [0.25, 0.3) is 0 Å². The van der Waals surface area contributed by atoms with Crippen molar-refractivity contribution in [3.8, 4) is 0 Å². The van der Waals surface area contributed by atoms with Gasteiger partial charge in [0.1, 0.15) is 11.6 Å². The van der Waals surface area contributed by atoms with Gasteiger partial charge in [0.15, 0.2) is 0 Å². The zero-order valence-electron chi connectivity index (χ0n) is 16.1. The fraction of sp³-hybridized carbons (Fsp3) is 0.917. The minimum atomic E-state index is 0.375. The molecule has 0 aromatic carbocycles. The number of rotatable bonds is 0. The zero-order chi connectivity index (χ0) is 17.4. The fourth-order valence-electron chi connectivity index (χ4n) is 9.47. The molecule has 0 spiro atoms. The highest BCUT2D eigenvalue weighted by atomic mass is 16.1. The van der Waals surface area contributed by atoms with E-state index in [1.165, 1.54) is 70.6 Å². The molecular weight excluding hydrogens is 320 g/mol. The number of Topliss-reactive ketones (excluding diaryl/α,β-unsaturated/α-hetero) is 2. The molecule has 6 aliphatic carbocycles. The third-order valence-electron chi connectivity index (χ3n) is 10.2. The first-order valence-corrected chi connectivity index (χ1v) is 11.8. The van der Waals surface area contributed by atoms with Crippen molar-refractivity contribution >= 4 is 11.6 Å². The molecule has 6 fully saturated rings. The van der Waals surface area contributed by atoms with Crippen molar-refractivity contribution < 1.29 is 9.59 Å². The topological polar surface area (TPSA) is 34.1 Å². The minimum Gasteiger partial charge on any atom is -0.299 e. The molecular formula is C24H34O2. The van der Waals surface area contributed by atoms with E-state index in [9.17, 15) is 9.59 Å². The Kier molecular flexibility index (Phi) is 3.71. The Morgan fingerprint density at radius 3 is 1.85 bits per heavy atom. The van der Waals surface area contributed by atoms with Gasteiger partial charge in [0.2, 0.25) is 0 Å². The highest BCUT2D eigenvalue weighted by Crippen LogP contribution is 2.64. The molecule has 2 heteroatoms. The van der Waals surface area contributed by atoms with Crippen LogP contribution in [0.1, 0.15) is 77.0 Å². The van der Waals surface area contributed by atoms with Crippen molar-refractivity contribution in [2.75, 3.05) is 0 Å². The summed E-state index contributed by atoms with van der Waals surface area (Å²) in [4.78, 5) is 26.5. The van der Waals surface area contributed by atoms with Gasteiger partial charge in [-0.15, -0.1) is 0 Å². The van der Waals surface area contributed by atoms with Gasteiger partial charge in [0.05, 0.1) is 0 Å². The normalized spacial score (nSPS) is 55.5. The van der Waals surface area contributed by atoms with Crippen LogP contribution in [-0.4, -0.2) is 11.6 Å². The molecule has 2 nitrogen and oxygen atoms in total. The van der Waals surface area contributed by atoms with Crippen LogP contribution in [0.25, 0.3) is 0 Å². The molecule has 0 aliphatic heterocycles. The predicted octanol–water partition coefficient (Wildman–Crippen LogP) is 5.05. The van der Waals surface area contributed by atoms with Crippen LogP contribution in [0.15, 0.2) is 0 Å². The molecule has 142 valence electrons. The van der Waals surface area contributed by atoms with Gasteiger partial charge >= 0.3 is 0 Å². The molecule has 6 saturated carbocycles. The van der Waals surface area contributed by atoms with Gasteiger partial charge in [0, 0.05) is 23.7 Å². The molecule has 0 heterocycles. The summed E-state index contributed by atoms with van der Waals surface area (Å²) in [5.41, 5.74) is 0. The molecule has 0 amide bonds. The molecule has 0 N–H and O–H groups in total. The highest BCUT2D eigenvalue weighted by Gasteiger charge is 2.62. The van der Waals surface area contributed by atoms with E-state index < -0.39 is 0 Å². The van der Waals surface area contributed by atoms with E-state index in [-0.39, 0.29) is 0 Å². The zero-order valence-corrected chi connectivity index (χ0v) is 16.1. The van der Waals surface area contributed by atoms with Crippen LogP contribution >= 0.6 is 0 Å². The van der Waals surface area contributed by atoms with E-state index in [4.69, 9.17) is 0 Å². The SMILES string of the molecule is O=C1C2CCCCC2C2C1CCC1C2CCC2C3CCCCC3C(=O)C21. The summed E-state index contributed by atoms with van der Waals surface area (Å²) >= 11 is 0. The molecule has 26 heavy (non-hydrogen) atoms. The number of carbonyl (C=O) groups is 2. The van der Waals surface area contributed by atoms with Crippen molar-refractivity contribution in [3.63, 3.8) is 0 Å². The fourth-order valence-corrected chi connectivity index (χ4v) is 9.47. The summed E-state index contributed by atoms with van der Waals surface area (Å²) in [6.45, 7) is 0. The molecule has 0 aromatic rings. The van der Waals surface area contributed by atoms with Crippen molar-refractivity contribution in [3.05, 3.63) is 0 Å². The number of fused-ring (bicyclic) bond motifs is 9. The van der Waals surface area contributed by atoms with Crippen molar-refractivity contribution in [2.24, 2.45) is 59.2 Å². The maximum Gasteiger partial charge on any atom is 0.139 e. The molecule has 0 aromatic heterocycles. The smallest absolute Gasteiger partial charge is 0.139 e. The molecule has 0 radical (unpaired) electrons. The van der Waals surface area contributed by atoms with Crippen LogP contribution in [-0.2, 0) is 9.59 Å². The summed E-state index contributed by atoms with van der Waals surface area (Å²) < 4.78 is 0. The van der Waals surface area contributed by atoms with Crippen LogP contribution in [0.5, 0.6) is 0 Å². The Morgan fingerprint density at radius 1 is 0.462 bits per heavy atom. The standard InChI is InChI=1S/C24H34O2/c25-23-19-8-4-2-6-14(19)21-16-10-9-15-13-5-1-3-7-18(13)24(26)22(15)17(16)11-12-20(21)23/h13-22H,1-12H2. The molecule has 10 atom stereocenters. The van der Waals surface area contributed by atoms with Gasteiger partial charge in [-0.2, -0.15) is 0 Å². The van der Waals surface area contributed by atoms with Gasteiger partial charge in [-0.25, -0.2) is 0 Å². The summed E-state index contributed by atoms with van der Waals surface area (Å²) in [5.74, 6) is 7.03. The number of hydrogen-bond acceptors (Lipinski definition) is 2. The molecule has 0 bridgehead atoms. The lowest BCUT2D eigenvalue weighted by Crippen LogP contribution is -2.45. The minimum absolute atomic E-state index is 0.375. The lowest BCUT2D eigenvalue weighted by molar-refractivity contribution is -0.131. The second-order valence-corrected chi connectivity index (χ2v) is 10.8. The van der Waals surface area contributed by atoms with Crippen LogP contribution in [0.4, 0.5) is 0 Å². The predicted molar refractivity (Wildman–Crippen MR) is 100 cm³/mol. The Morgan fingerprint density at radius 2 is 1.04 bits per heavy atom. The Balaban J connectivity index is 1.32. The van der Waals surface area contributed by atoms with Crippen molar-refractivity contribution in [2.45, 2.75) is 77.0 Å². The monoisotopic (exact) mass is 354 g/mol. The first-order valence-electron chi connectivity index (χ1n) is 11.8. The van der Waals surface area contributed by atoms with Crippen LogP contribution in [0.2, 0.25) is 0 Å². The lowest BCUT2D eigenvalue weighted by atomic mass is 9.54. The molecule has 6 aliphatic rings. The van der Waals surface area contributed by atoms with E-state index >= 15 is 0 Å². The number of hydrogen-bond donors (Lipinski definition) is 0. The Labute approximate surface area is 157 Å². The van der Waals surface area contributed by atoms with E-state index in [0.717, 1.165) is 12.3 Å². The van der Waals surface area contributed by atoms with E-state index in [0.29, 0.717) is 64.8 Å². The summed E-state index contributed by atoms with van der Waals surface area (Å²) in [7, 11) is 0. The largest absolute Gasteiger partial charge is 0.299 e. The van der Waals surface area contributed by atoms with Crippen molar-refractivity contribution in [1.29, 1.82) is 0 Å². The molecule has 6 rings (SSSR count). The van der Waals surface area contributed by atoms with Crippen LogP contribution in [0, 0.1) is 59.2 Å². The Bertz CT molecular complexity index is 624. The molecule has 0 saturated heterocycles. The average Bonchev–Trinajstić information content (AvgIpc) is 3.15. The quantitative estimate of drug-likeness (QED) is 0.610. The van der Waals surface area contributed by atoms with Crippen LogP contribution < -0.4 is 0 Å². The maximum atomic E-state index is 13.4. The van der Waals surface area contributed by atoms with Gasteiger partial charge in [-0.3, -0.25) is 9.59 Å². The highest BCUT2D eigenvalue weighted by molar-refractivity contribution is 5.88. The summed E-state index contributed by atoms with van der Waals surface area (Å²) in [6.07, 6.45) is 15.2. The summed E-state index contributed by atoms with van der Waals surface area (Å²) in [5, 5.41) is 0. The number of ketones is 2. The first kappa shape index (κ1) is 16.3. The Hall–Kier alpha value is -0.660. The van der Waals surface area contributed by atoms with Gasteiger partial charge in [-0.05, 0) is 86.9 Å². The van der Waals surface area contributed by atoms with E-state index in [1.807, 2.05) is 0 Å². The maximum absolute atomic E-state index is 13.4. The third-order valence-corrected chi connectivity index (χ3v) is 10.2. The first-order chi connectivity index (χ1) is 12.8. The molecule has 10 unspecified atom stereocenters. The number of carbonyl (C=O) groups excluding carboxylic acids is 2. The van der Waals surface area contributed by atoms with E-state index in [1.54, 1.807) is 0 Å². The second kappa shape index (κ2) is 5.92. The average molecular weight is 355 g/mol. The third kappa shape index (κ3) is 2.05.